The Morgan fingerprint density at radius 1 is 1.00 bits per heavy atom. The number of aromatic nitrogens is 1. The topological polar surface area (TPSA) is 12.9 Å². The highest BCUT2D eigenvalue weighted by atomic mass is 35.5. The van der Waals surface area contributed by atoms with E-state index in [0.717, 1.165) is 17.5 Å². The Labute approximate surface area is 136 Å². The van der Waals surface area contributed by atoms with Crippen LogP contribution >= 0.6 is 23.2 Å². The molecule has 1 heterocycles. The van der Waals surface area contributed by atoms with Crippen molar-refractivity contribution < 1.29 is 0 Å². The summed E-state index contributed by atoms with van der Waals surface area (Å²) in [6, 6.07) is 10.1. The van der Waals surface area contributed by atoms with Gasteiger partial charge in [0.2, 0.25) is 0 Å². The molecule has 0 spiro atoms. The molecule has 0 aliphatic rings. The van der Waals surface area contributed by atoms with Gasteiger partial charge >= 0.3 is 0 Å². The number of halogens is 2. The van der Waals surface area contributed by atoms with Gasteiger partial charge in [0.15, 0.2) is 0 Å². The fourth-order valence-electron chi connectivity index (χ4n) is 1.97. The summed E-state index contributed by atoms with van der Waals surface area (Å²) >= 11 is 11.7. The van der Waals surface area contributed by atoms with Crippen molar-refractivity contribution in [3.05, 3.63) is 63.4 Å². The first-order chi connectivity index (χ1) is 10.2. The molecule has 0 bridgehead atoms. The van der Waals surface area contributed by atoms with Crippen molar-refractivity contribution in [3.8, 4) is 11.8 Å². The molecule has 108 valence electrons. The number of hydrogen-bond acceptors (Lipinski definition) is 1. The normalized spacial score (nSPS) is 10.0. The largest absolute Gasteiger partial charge is 0.242 e. The summed E-state index contributed by atoms with van der Waals surface area (Å²) in [4.78, 5) is 3.98. The van der Waals surface area contributed by atoms with Crippen molar-refractivity contribution in [1.82, 2.24) is 4.98 Å². The van der Waals surface area contributed by atoms with E-state index in [4.69, 9.17) is 23.2 Å². The van der Waals surface area contributed by atoms with Gasteiger partial charge in [-0.25, -0.2) is 4.98 Å². The highest BCUT2D eigenvalue weighted by molar-refractivity contribution is 6.41. The number of nitrogens with zero attached hydrogens (tertiary/aromatic N) is 1. The average molecular weight is 318 g/mol. The molecule has 21 heavy (non-hydrogen) atoms. The maximum atomic E-state index is 5.91. The summed E-state index contributed by atoms with van der Waals surface area (Å²) in [7, 11) is 0. The van der Waals surface area contributed by atoms with Crippen LogP contribution in [0.15, 0.2) is 36.5 Å². The zero-order valence-electron chi connectivity index (χ0n) is 12.0. The second-order valence-electron chi connectivity index (χ2n) is 4.90. The molecule has 0 aliphatic heterocycles. The molecule has 0 aliphatic carbocycles. The number of unbranched alkanes of at least 4 members (excludes halogenated alkanes) is 2. The van der Waals surface area contributed by atoms with Crippen LogP contribution in [0.3, 0.4) is 0 Å². The number of pyridine rings is 1. The van der Waals surface area contributed by atoms with Crippen LogP contribution in [0.2, 0.25) is 10.2 Å². The molecule has 1 aromatic carbocycles. The van der Waals surface area contributed by atoms with Gasteiger partial charge in [0, 0.05) is 17.3 Å². The molecule has 0 saturated carbocycles. The maximum Gasteiger partial charge on any atom is 0.147 e. The van der Waals surface area contributed by atoms with Gasteiger partial charge in [-0.3, -0.25) is 0 Å². The van der Waals surface area contributed by atoms with Crippen LogP contribution < -0.4 is 0 Å². The Morgan fingerprint density at radius 3 is 2.38 bits per heavy atom. The van der Waals surface area contributed by atoms with Crippen LogP contribution in [-0.2, 0) is 6.42 Å². The van der Waals surface area contributed by atoms with Crippen LogP contribution in [0.5, 0.6) is 0 Å². The maximum absolute atomic E-state index is 5.91. The average Bonchev–Trinajstić information content (AvgIpc) is 2.50. The predicted octanol–water partition coefficient (Wildman–Crippen LogP) is 5.52. The van der Waals surface area contributed by atoms with Gasteiger partial charge in [-0.2, -0.15) is 0 Å². The molecule has 0 amide bonds. The first kappa shape index (κ1) is 15.9. The Morgan fingerprint density at radius 2 is 1.71 bits per heavy atom. The van der Waals surface area contributed by atoms with Crippen LogP contribution in [0, 0.1) is 11.8 Å². The van der Waals surface area contributed by atoms with E-state index in [9.17, 15) is 0 Å². The molecule has 0 unspecified atom stereocenters. The summed E-state index contributed by atoms with van der Waals surface area (Å²) in [5.74, 6) is 6.16. The van der Waals surface area contributed by atoms with Crippen LogP contribution in [0.1, 0.15) is 42.9 Å². The van der Waals surface area contributed by atoms with E-state index in [1.807, 2.05) is 0 Å². The van der Waals surface area contributed by atoms with Crippen molar-refractivity contribution >= 4 is 23.2 Å². The molecule has 0 saturated heterocycles. The Balaban J connectivity index is 2.03. The molecule has 1 aromatic heterocycles. The SMILES string of the molecule is CCCCCc1ccc(C#Cc2cnc(Cl)c(Cl)c2)cc1. The quantitative estimate of drug-likeness (QED) is 0.411. The minimum Gasteiger partial charge on any atom is -0.242 e. The first-order valence-corrected chi connectivity index (χ1v) is 7.86. The molecule has 0 atom stereocenters. The van der Waals surface area contributed by atoms with Gasteiger partial charge in [0.1, 0.15) is 5.15 Å². The van der Waals surface area contributed by atoms with Gasteiger partial charge < -0.3 is 0 Å². The lowest BCUT2D eigenvalue weighted by atomic mass is 10.1. The molecule has 2 rings (SSSR count). The van der Waals surface area contributed by atoms with E-state index in [0.29, 0.717) is 10.2 Å². The van der Waals surface area contributed by atoms with Crippen molar-refractivity contribution in [2.24, 2.45) is 0 Å². The second-order valence-corrected chi connectivity index (χ2v) is 5.67. The third-order valence-corrected chi connectivity index (χ3v) is 3.86. The summed E-state index contributed by atoms with van der Waals surface area (Å²) in [5, 5.41) is 0.730. The standard InChI is InChI=1S/C18H17Cl2N/c1-2-3-4-5-14-6-8-15(9-7-14)10-11-16-12-17(19)18(20)21-13-16/h6-9,12-13H,2-5H2,1H3. The lowest BCUT2D eigenvalue weighted by molar-refractivity contribution is 0.717. The van der Waals surface area contributed by atoms with E-state index in [-0.39, 0.29) is 0 Å². The van der Waals surface area contributed by atoms with Gasteiger partial charge in [-0.1, -0.05) is 66.9 Å². The lowest BCUT2D eigenvalue weighted by Crippen LogP contribution is -1.86. The predicted molar refractivity (Wildman–Crippen MR) is 89.9 cm³/mol. The summed E-state index contributed by atoms with van der Waals surface area (Å²) in [6.45, 7) is 2.22. The Bertz CT molecular complexity index is 651. The third kappa shape index (κ3) is 5.08. The van der Waals surface area contributed by atoms with Crippen LogP contribution in [0.4, 0.5) is 0 Å². The van der Waals surface area contributed by atoms with Crippen molar-refractivity contribution in [2.75, 3.05) is 0 Å². The van der Waals surface area contributed by atoms with Crippen LogP contribution in [-0.4, -0.2) is 4.98 Å². The Hall–Kier alpha value is -1.49. The zero-order chi connectivity index (χ0) is 15.1. The monoisotopic (exact) mass is 317 g/mol. The first-order valence-electron chi connectivity index (χ1n) is 7.11. The molecule has 2 aromatic rings. The van der Waals surface area contributed by atoms with Crippen molar-refractivity contribution in [2.45, 2.75) is 32.6 Å². The van der Waals surface area contributed by atoms with Crippen molar-refractivity contribution in [1.29, 1.82) is 0 Å². The van der Waals surface area contributed by atoms with E-state index in [2.05, 4.69) is 48.0 Å². The molecular formula is C18H17Cl2N. The summed E-state index contributed by atoms with van der Waals surface area (Å²) in [6.07, 6.45) is 6.54. The second kappa shape index (κ2) is 8.08. The van der Waals surface area contributed by atoms with Crippen LogP contribution in [0.25, 0.3) is 0 Å². The highest BCUT2D eigenvalue weighted by Gasteiger charge is 1.98. The number of hydrogen-bond donors (Lipinski definition) is 0. The third-order valence-electron chi connectivity index (χ3n) is 3.17. The number of aryl methyl sites for hydroxylation is 1. The van der Waals surface area contributed by atoms with Gasteiger partial charge in [-0.05, 0) is 36.6 Å². The van der Waals surface area contributed by atoms with E-state index >= 15 is 0 Å². The van der Waals surface area contributed by atoms with E-state index in [1.165, 1.54) is 24.8 Å². The summed E-state index contributed by atoms with van der Waals surface area (Å²) in [5.41, 5.74) is 3.11. The molecule has 0 radical (unpaired) electrons. The zero-order valence-corrected chi connectivity index (χ0v) is 13.5. The van der Waals surface area contributed by atoms with Crippen molar-refractivity contribution in [3.63, 3.8) is 0 Å². The number of benzene rings is 1. The lowest BCUT2D eigenvalue weighted by Gasteiger charge is -2.00. The molecule has 1 nitrogen and oxygen atoms in total. The minimum absolute atomic E-state index is 0.304. The van der Waals surface area contributed by atoms with Gasteiger partial charge in [0.05, 0.1) is 5.02 Å². The molecular weight excluding hydrogens is 301 g/mol. The molecule has 0 fully saturated rings. The highest BCUT2D eigenvalue weighted by Crippen LogP contribution is 2.19. The van der Waals surface area contributed by atoms with E-state index < -0.39 is 0 Å². The Kier molecular flexibility index (Phi) is 6.11. The molecule has 0 N–H and O–H groups in total. The minimum atomic E-state index is 0.304. The fraction of sp³-hybridized carbons (Fsp3) is 0.278. The molecule has 3 heteroatoms. The van der Waals surface area contributed by atoms with Gasteiger partial charge in [0.25, 0.3) is 0 Å². The van der Waals surface area contributed by atoms with E-state index in [1.54, 1.807) is 12.3 Å². The smallest absolute Gasteiger partial charge is 0.147 e. The number of rotatable bonds is 4. The summed E-state index contributed by atoms with van der Waals surface area (Å²) < 4.78 is 0. The fourth-order valence-corrected chi connectivity index (χ4v) is 2.24. The van der Waals surface area contributed by atoms with Gasteiger partial charge in [-0.15, -0.1) is 0 Å².